The van der Waals surface area contributed by atoms with Gasteiger partial charge in [-0.15, -0.1) is 0 Å². The molecular weight excluding hydrogens is 186 g/mol. The Kier molecular flexibility index (Phi) is 2.51. The number of hydrogen-bond acceptors (Lipinski definition) is 3. The fourth-order valence-corrected chi connectivity index (χ4v) is 1.14. The molecule has 1 heterocycles. The second kappa shape index (κ2) is 3.45. The van der Waals surface area contributed by atoms with E-state index in [0.717, 1.165) is 0 Å². The van der Waals surface area contributed by atoms with Crippen LogP contribution in [0.4, 0.5) is 0 Å². The van der Waals surface area contributed by atoms with E-state index >= 15 is 0 Å². The first kappa shape index (κ1) is 10.2. The lowest BCUT2D eigenvalue weighted by Gasteiger charge is -2.04. The number of rotatable bonds is 2. The summed E-state index contributed by atoms with van der Waals surface area (Å²) in [5.74, 6) is -2.25. The predicted octanol–water partition coefficient (Wildman–Crippen LogP) is 1.09. The summed E-state index contributed by atoms with van der Waals surface area (Å²) >= 11 is 0. The summed E-state index contributed by atoms with van der Waals surface area (Å²) in [6.07, 6.45) is 0. The van der Waals surface area contributed by atoms with Gasteiger partial charge in [-0.25, -0.2) is 14.6 Å². The van der Waals surface area contributed by atoms with Crippen LogP contribution in [0.5, 0.6) is 0 Å². The molecule has 2 N–H and O–H groups in total. The van der Waals surface area contributed by atoms with E-state index in [1.165, 1.54) is 19.9 Å². The van der Waals surface area contributed by atoms with Gasteiger partial charge in [0.05, 0.1) is 11.3 Å². The van der Waals surface area contributed by atoms with E-state index in [2.05, 4.69) is 4.98 Å². The van der Waals surface area contributed by atoms with Crippen molar-refractivity contribution in [3.05, 3.63) is 28.6 Å². The molecule has 0 aliphatic rings. The Balaban J connectivity index is 3.38. The average molecular weight is 195 g/mol. The SMILES string of the molecule is Cc1cc(C(=O)O)c(C)nc1C(=O)O. The minimum absolute atomic E-state index is 0.0347. The lowest BCUT2D eigenvalue weighted by molar-refractivity contribution is 0.0674. The minimum atomic E-state index is -1.15. The van der Waals surface area contributed by atoms with Crippen molar-refractivity contribution < 1.29 is 19.8 Å². The summed E-state index contributed by atoms with van der Waals surface area (Å²) in [4.78, 5) is 25.0. The number of carboxylic acids is 2. The summed E-state index contributed by atoms with van der Waals surface area (Å²) < 4.78 is 0. The van der Waals surface area contributed by atoms with Crippen LogP contribution >= 0.6 is 0 Å². The molecule has 0 aliphatic carbocycles. The standard InChI is InChI=1S/C9H9NO4/c1-4-3-6(8(11)12)5(2)10-7(4)9(13)14/h3H,1-2H3,(H,11,12)(H,13,14). The van der Waals surface area contributed by atoms with Crippen LogP contribution in [0.2, 0.25) is 0 Å². The van der Waals surface area contributed by atoms with Crippen LogP contribution in [0.1, 0.15) is 32.1 Å². The number of carboxylic acid groups (broad SMARTS) is 2. The van der Waals surface area contributed by atoms with Crippen molar-refractivity contribution in [3.63, 3.8) is 0 Å². The van der Waals surface area contributed by atoms with Crippen LogP contribution in [-0.2, 0) is 0 Å². The largest absolute Gasteiger partial charge is 0.478 e. The monoisotopic (exact) mass is 195 g/mol. The first-order valence-electron chi connectivity index (χ1n) is 3.88. The first-order valence-corrected chi connectivity index (χ1v) is 3.88. The summed E-state index contributed by atoms with van der Waals surface area (Å²) in [5, 5.41) is 17.4. The topological polar surface area (TPSA) is 87.5 Å². The number of carbonyl (C=O) groups is 2. The molecule has 0 spiro atoms. The van der Waals surface area contributed by atoms with Crippen molar-refractivity contribution in [3.8, 4) is 0 Å². The Morgan fingerprint density at radius 2 is 1.79 bits per heavy atom. The van der Waals surface area contributed by atoms with Gasteiger partial charge in [-0.2, -0.15) is 0 Å². The quantitative estimate of drug-likeness (QED) is 0.737. The highest BCUT2D eigenvalue weighted by Gasteiger charge is 2.15. The highest BCUT2D eigenvalue weighted by molar-refractivity contribution is 5.92. The Hall–Kier alpha value is -1.91. The predicted molar refractivity (Wildman–Crippen MR) is 47.6 cm³/mol. The number of pyridine rings is 1. The Bertz CT molecular complexity index is 372. The van der Waals surface area contributed by atoms with Crippen molar-refractivity contribution in [1.29, 1.82) is 0 Å². The van der Waals surface area contributed by atoms with Gasteiger partial charge in [0.2, 0.25) is 0 Å². The minimum Gasteiger partial charge on any atom is -0.478 e. The maximum Gasteiger partial charge on any atom is 0.354 e. The molecule has 0 bridgehead atoms. The van der Waals surface area contributed by atoms with Crippen molar-refractivity contribution >= 4 is 11.9 Å². The molecule has 0 amide bonds. The van der Waals surface area contributed by atoms with Gasteiger partial charge in [0.25, 0.3) is 0 Å². The van der Waals surface area contributed by atoms with Crippen molar-refractivity contribution in [2.75, 3.05) is 0 Å². The Morgan fingerprint density at radius 1 is 1.21 bits per heavy atom. The van der Waals surface area contributed by atoms with Gasteiger partial charge in [0, 0.05) is 0 Å². The molecule has 5 nitrogen and oxygen atoms in total. The molecule has 0 aromatic carbocycles. The zero-order chi connectivity index (χ0) is 10.9. The van der Waals surface area contributed by atoms with Gasteiger partial charge in [-0.3, -0.25) is 0 Å². The van der Waals surface area contributed by atoms with E-state index < -0.39 is 11.9 Å². The summed E-state index contributed by atoms with van der Waals surface area (Å²) in [6, 6.07) is 1.31. The van der Waals surface area contributed by atoms with Gasteiger partial charge in [0.15, 0.2) is 5.69 Å². The smallest absolute Gasteiger partial charge is 0.354 e. The van der Waals surface area contributed by atoms with Crippen LogP contribution in [0, 0.1) is 13.8 Å². The van der Waals surface area contributed by atoms with Gasteiger partial charge in [0.1, 0.15) is 0 Å². The van der Waals surface area contributed by atoms with Crippen molar-refractivity contribution in [2.24, 2.45) is 0 Å². The molecule has 0 atom stereocenters. The van der Waals surface area contributed by atoms with Crippen LogP contribution in [0.25, 0.3) is 0 Å². The molecule has 74 valence electrons. The number of aromatic carboxylic acids is 2. The van der Waals surface area contributed by atoms with E-state index in [9.17, 15) is 9.59 Å². The number of nitrogens with zero attached hydrogens (tertiary/aromatic N) is 1. The molecule has 0 saturated carbocycles. The average Bonchev–Trinajstić information content (AvgIpc) is 2.07. The van der Waals surface area contributed by atoms with E-state index in [-0.39, 0.29) is 17.0 Å². The van der Waals surface area contributed by atoms with Crippen LogP contribution in [0.3, 0.4) is 0 Å². The highest BCUT2D eigenvalue weighted by Crippen LogP contribution is 2.12. The van der Waals surface area contributed by atoms with E-state index in [1.54, 1.807) is 0 Å². The third kappa shape index (κ3) is 1.71. The molecule has 1 rings (SSSR count). The molecule has 0 fully saturated rings. The zero-order valence-corrected chi connectivity index (χ0v) is 7.74. The second-order valence-corrected chi connectivity index (χ2v) is 2.90. The molecule has 0 saturated heterocycles. The van der Waals surface area contributed by atoms with Gasteiger partial charge in [-0.1, -0.05) is 0 Å². The zero-order valence-electron chi connectivity index (χ0n) is 7.74. The maximum absolute atomic E-state index is 10.7. The molecule has 0 aliphatic heterocycles. The molecular formula is C9H9NO4. The molecule has 0 unspecified atom stereocenters. The lowest BCUT2D eigenvalue weighted by Crippen LogP contribution is -2.09. The molecule has 1 aromatic heterocycles. The lowest BCUT2D eigenvalue weighted by atomic mass is 10.1. The fourth-order valence-electron chi connectivity index (χ4n) is 1.14. The summed E-state index contributed by atoms with van der Waals surface area (Å²) in [7, 11) is 0. The Labute approximate surface area is 80.0 Å². The van der Waals surface area contributed by atoms with E-state index in [1.807, 2.05) is 0 Å². The van der Waals surface area contributed by atoms with Crippen molar-refractivity contribution in [2.45, 2.75) is 13.8 Å². The number of aryl methyl sites for hydroxylation is 2. The second-order valence-electron chi connectivity index (χ2n) is 2.90. The van der Waals surface area contributed by atoms with Crippen LogP contribution in [0.15, 0.2) is 6.07 Å². The van der Waals surface area contributed by atoms with Gasteiger partial charge in [-0.05, 0) is 25.5 Å². The maximum atomic E-state index is 10.7. The molecule has 0 radical (unpaired) electrons. The summed E-state index contributed by atoms with van der Waals surface area (Å²) in [6.45, 7) is 2.98. The van der Waals surface area contributed by atoms with Crippen molar-refractivity contribution in [1.82, 2.24) is 4.98 Å². The van der Waals surface area contributed by atoms with Gasteiger partial charge < -0.3 is 10.2 Å². The fraction of sp³-hybridized carbons (Fsp3) is 0.222. The Morgan fingerprint density at radius 3 is 2.21 bits per heavy atom. The highest BCUT2D eigenvalue weighted by atomic mass is 16.4. The van der Waals surface area contributed by atoms with Crippen LogP contribution < -0.4 is 0 Å². The molecule has 5 heteroatoms. The number of hydrogen-bond donors (Lipinski definition) is 2. The van der Waals surface area contributed by atoms with E-state index in [0.29, 0.717) is 5.56 Å². The van der Waals surface area contributed by atoms with Crippen LogP contribution in [-0.4, -0.2) is 27.1 Å². The van der Waals surface area contributed by atoms with Gasteiger partial charge >= 0.3 is 11.9 Å². The first-order chi connectivity index (χ1) is 6.43. The summed E-state index contributed by atoms with van der Waals surface area (Å²) in [5.41, 5.74) is 0.487. The molecule has 1 aromatic rings. The molecule has 14 heavy (non-hydrogen) atoms. The van der Waals surface area contributed by atoms with E-state index in [4.69, 9.17) is 10.2 Å². The normalized spacial score (nSPS) is 9.86. The number of aromatic nitrogens is 1. The third-order valence-electron chi connectivity index (χ3n) is 1.84. The third-order valence-corrected chi connectivity index (χ3v) is 1.84.